The summed E-state index contributed by atoms with van der Waals surface area (Å²) < 4.78 is 5.88. The van der Waals surface area contributed by atoms with Gasteiger partial charge in [-0.15, -0.1) is 0 Å². The van der Waals surface area contributed by atoms with Gasteiger partial charge in [0.05, 0.1) is 6.61 Å². The summed E-state index contributed by atoms with van der Waals surface area (Å²) in [4.78, 5) is 4.34. The van der Waals surface area contributed by atoms with Crippen LogP contribution in [0.3, 0.4) is 0 Å². The molecule has 0 bridgehead atoms. The molecule has 1 aliphatic rings. The quantitative estimate of drug-likeness (QED) is 0.699. The minimum Gasteiger partial charge on any atom is -0.491 e. The number of hydrogen-bond acceptors (Lipinski definition) is 5. The first-order chi connectivity index (χ1) is 12.1. The zero-order chi connectivity index (χ0) is 18.1. The van der Waals surface area contributed by atoms with Crippen molar-refractivity contribution in [2.75, 3.05) is 46.4 Å². The third kappa shape index (κ3) is 7.50. The van der Waals surface area contributed by atoms with Crippen LogP contribution < -0.4 is 4.74 Å². The molecule has 0 aromatic heterocycles. The summed E-state index contributed by atoms with van der Waals surface area (Å²) in [5.74, 6) is 0.740. The predicted molar refractivity (Wildman–Crippen MR) is 101 cm³/mol. The molecule has 0 unspecified atom stereocenters. The minimum atomic E-state index is -0.503. The molecule has 1 fully saturated rings. The maximum absolute atomic E-state index is 10.3. The molecule has 1 atom stereocenters. The fourth-order valence-corrected chi connectivity index (χ4v) is 3.40. The zero-order valence-electron chi connectivity index (χ0n) is 15.2. The average Bonchev–Trinajstić information content (AvgIpc) is 2.83. The number of likely N-dealkylation sites (tertiary alicyclic amines) is 1. The molecule has 142 valence electrons. The van der Waals surface area contributed by atoms with Crippen molar-refractivity contribution < 1.29 is 14.9 Å². The molecule has 1 saturated heterocycles. The lowest BCUT2D eigenvalue weighted by Crippen LogP contribution is -2.36. The number of ether oxygens (including phenoxy) is 1. The van der Waals surface area contributed by atoms with Gasteiger partial charge in [0, 0.05) is 30.2 Å². The molecule has 25 heavy (non-hydrogen) atoms. The van der Waals surface area contributed by atoms with Gasteiger partial charge >= 0.3 is 0 Å². The van der Waals surface area contributed by atoms with Crippen LogP contribution in [0.1, 0.15) is 31.2 Å². The van der Waals surface area contributed by atoms with Gasteiger partial charge in [-0.2, -0.15) is 0 Å². The van der Waals surface area contributed by atoms with Crippen LogP contribution in [-0.2, 0) is 6.54 Å². The fraction of sp³-hybridized carbons (Fsp3) is 0.684. The Morgan fingerprint density at radius 3 is 2.64 bits per heavy atom. The van der Waals surface area contributed by atoms with E-state index in [2.05, 4.69) is 4.90 Å². The normalized spacial score (nSPS) is 17.5. The van der Waals surface area contributed by atoms with Crippen LogP contribution in [-0.4, -0.2) is 72.6 Å². The summed E-state index contributed by atoms with van der Waals surface area (Å²) in [6.45, 7) is 4.40. The Bertz CT molecular complexity index is 507. The van der Waals surface area contributed by atoms with Crippen molar-refractivity contribution in [1.82, 2.24) is 9.80 Å². The van der Waals surface area contributed by atoms with E-state index in [9.17, 15) is 5.11 Å². The number of aliphatic hydroxyl groups is 2. The number of aliphatic hydroxyl groups excluding tert-OH is 2. The molecular formula is C19H31ClN2O3. The van der Waals surface area contributed by atoms with Crippen LogP contribution in [0.4, 0.5) is 0 Å². The summed E-state index contributed by atoms with van der Waals surface area (Å²) in [5.41, 5.74) is 0.963. The second kappa shape index (κ2) is 11.0. The number of nitrogens with zero attached hydrogens (tertiary/aromatic N) is 2. The first-order valence-electron chi connectivity index (χ1n) is 9.19. The van der Waals surface area contributed by atoms with Gasteiger partial charge in [-0.3, -0.25) is 4.90 Å². The number of benzene rings is 1. The average molecular weight is 371 g/mol. The smallest absolute Gasteiger partial charge is 0.124 e. The highest BCUT2D eigenvalue weighted by molar-refractivity contribution is 6.30. The second-order valence-corrected chi connectivity index (χ2v) is 7.33. The van der Waals surface area contributed by atoms with Crippen LogP contribution in [0, 0.1) is 0 Å². The number of hydrogen-bond donors (Lipinski definition) is 2. The van der Waals surface area contributed by atoms with Crippen molar-refractivity contribution in [2.24, 2.45) is 0 Å². The van der Waals surface area contributed by atoms with Crippen LogP contribution >= 0.6 is 11.6 Å². The van der Waals surface area contributed by atoms with Gasteiger partial charge in [-0.1, -0.05) is 24.4 Å². The van der Waals surface area contributed by atoms with E-state index in [-0.39, 0.29) is 13.2 Å². The van der Waals surface area contributed by atoms with E-state index < -0.39 is 6.10 Å². The maximum atomic E-state index is 10.3. The van der Waals surface area contributed by atoms with Gasteiger partial charge in [0.1, 0.15) is 18.5 Å². The Morgan fingerprint density at radius 2 is 1.96 bits per heavy atom. The third-order valence-corrected chi connectivity index (χ3v) is 4.78. The van der Waals surface area contributed by atoms with E-state index in [1.165, 1.54) is 25.7 Å². The van der Waals surface area contributed by atoms with E-state index in [0.29, 0.717) is 24.7 Å². The van der Waals surface area contributed by atoms with Gasteiger partial charge in [-0.25, -0.2) is 0 Å². The zero-order valence-corrected chi connectivity index (χ0v) is 15.9. The van der Waals surface area contributed by atoms with Crippen LogP contribution in [0.25, 0.3) is 0 Å². The molecule has 2 rings (SSSR count). The van der Waals surface area contributed by atoms with E-state index in [1.807, 2.05) is 24.1 Å². The van der Waals surface area contributed by atoms with Gasteiger partial charge in [0.25, 0.3) is 0 Å². The summed E-state index contributed by atoms with van der Waals surface area (Å²) >= 11 is 6.10. The first kappa shape index (κ1) is 20.5. The topological polar surface area (TPSA) is 56.2 Å². The molecule has 0 radical (unpaired) electrons. The number of rotatable bonds is 9. The molecular weight excluding hydrogens is 340 g/mol. The summed E-state index contributed by atoms with van der Waals surface area (Å²) in [7, 11) is 1.94. The molecule has 0 spiro atoms. The Balaban J connectivity index is 1.88. The second-order valence-electron chi connectivity index (χ2n) is 6.89. The van der Waals surface area contributed by atoms with Crippen LogP contribution in [0.15, 0.2) is 18.2 Å². The van der Waals surface area contributed by atoms with Crippen LogP contribution in [0.5, 0.6) is 5.75 Å². The molecule has 0 aliphatic carbocycles. The molecule has 2 N–H and O–H groups in total. The Hall–Kier alpha value is -0.850. The Kier molecular flexibility index (Phi) is 8.99. The van der Waals surface area contributed by atoms with E-state index in [0.717, 1.165) is 24.4 Å². The summed E-state index contributed by atoms with van der Waals surface area (Å²) in [5, 5.41) is 20.0. The van der Waals surface area contributed by atoms with Crippen molar-refractivity contribution in [3.8, 4) is 5.75 Å². The van der Waals surface area contributed by atoms with Crippen molar-refractivity contribution >= 4 is 11.6 Å². The molecule has 1 heterocycles. The van der Waals surface area contributed by atoms with Gasteiger partial charge < -0.3 is 19.8 Å². The Labute approximate surface area is 156 Å². The lowest BCUT2D eigenvalue weighted by atomic mass is 10.2. The maximum Gasteiger partial charge on any atom is 0.124 e. The number of halogens is 1. The Morgan fingerprint density at radius 1 is 1.24 bits per heavy atom. The monoisotopic (exact) mass is 370 g/mol. The highest BCUT2D eigenvalue weighted by atomic mass is 35.5. The molecule has 1 aromatic carbocycles. The van der Waals surface area contributed by atoms with Gasteiger partial charge in [0.2, 0.25) is 0 Å². The highest BCUT2D eigenvalue weighted by Gasteiger charge is 2.15. The fourth-order valence-electron chi connectivity index (χ4n) is 3.21. The predicted octanol–water partition coefficient (Wildman–Crippen LogP) is 2.38. The molecule has 1 aromatic rings. The summed E-state index contributed by atoms with van der Waals surface area (Å²) in [6.07, 6.45) is 4.51. The lowest BCUT2D eigenvalue weighted by molar-refractivity contribution is 0.0687. The van der Waals surface area contributed by atoms with Gasteiger partial charge in [-0.05, 0) is 51.2 Å². The van der Waals surface area contributed by atoms with E-state index >= 15 is 0 Å². The van der Waals surface area contributed by atoms with Gasteiger partial charge in [0.15, 0.2) is 0 Å². The SMILES string of the molecule is CN(CCO)Cc1cc(Cl)ccc1OC[C@H](O)CN1CCCCCC1. The number of likely N-dealkylation sites (N-methyl/N-ethyl adjacent to an activating group) is 1. The standard InChI is InChI=1S/C19H31ClN2O3/c1-21(10-11-23)13-16-12-17(20)6-7-19(16)25-15-18(24)14-22-8-4-2-3-5-9-22/h6-7,12,18,23-24H,2-5,8-11,13-15H2,1H3/t18-/m1/s1. The van der Waals surface area contributed by atoms with Crippen molar-refractivity contribution in [1.29, 1.82) is 0 Å². The minimum absolute atomic E-state index is 0.113. The van der Waals surface area contributed by atoms with Crippen LogP contribution in [0.2, 0.25) is 5.02 Å². The molecule has 0 amide bonds. The lowest BCUT2D eigenvalue weighted by Gasteiger charge is -2.24. The third-order valence-electron chi connectivity index (χ3n) is 4.54. The molecule has 6 heteroatoms. The molecule has 5 nitrogen and oxygen atoms in total. The van der Waals surface area contributed by atoms with E-state index in [4.69, 9.17) is 21.4 Å². The first-order valence-corrected chi connectivity index (χ1v) is 9.57. The highest BCUT2D eigenvalue weighted by Crippen LogP contribution is 2.24. The largest absolute Gasteiger partial charge is 0.491 e. The summed E-state index contributed by atoms with van der Waals surface area (Å²) in [6, 6.07) is 5.53. The number of β-amino-alcohol motifs (C(OH)–C–C–N with tert-alkyl or cyclic N) is 1. The van der Waals surface area contributed by atoms with Crippen molar-refractivity contribution in [3.63, 3.8) is 0 Å². The van der Waals surface area contributed by atoms with Crippen molar-refractivity contribution in [2.45, 2.75) is 38.3 Å². The van der Waals surface area contributed by atoms with Crippen molar-refractivity contribution in [3.05, 3.63) is 28.8 Å². The molecule has 0 saturated carbocycles. The van der Waals surface area contributed by atoms with E-state index in [1.54, 1.807) is 6.07 Å². The molecule has 1 aliphatic heterocycles.